The number of hydrogen-bond acceptors (Lipinski definition) is 3. The summed E-state index contributed by atoms with van der Waals surface area (Å²) in [5, 5.41) is 4.62. The average molecular weight is 337 g/mol. The summed E-state index contributed by atoms with van der Waals surface area (Å²) in [5.41, 5.74) is 10.9. The zero-order valence-electron chi connectivity index (χ0n) is 14.5. The van der Waals surface area contributed by atoms with E-state index in [2.05, 4.69) is 65.8 Å². The van der Waals surface area contributed by atoms with Crippen molar-refractivity contribution in [2.24, 2.45) is 5.73 Å². The first-order valence-electron chi connectivity index (χ1n) is 8.15. The van der Waals surface area contributed by atoms with Gasteiger partial charge in [-0.3, -0.25) is 9.58 Å². The number of benzene rings is 1. The molecule has 0 saturated carbocycles. The van der Waals surface area contributed by atoms with E-state index < -0.39 is 0 Å². The van der Waals surface area contributed by atoms with Gasteiger partial charge in [-0.05, 0) is 32.8 Å². The van der Waals surface area contributed by atoms with Gasteiger partial charge in [0.15, 0.2) is 0 Å². The molecule has 0 radical (unpaired) electrons. The van der Waals surface area contributed by atoms with Crippen molar-refractivity contribution in [3.8, 4) is 0 Å². The third-order valence-electron chi connectivity index (χ3n) is 4.22. The van der Waals surface area contributed by atoms with E-state index in [0.29, 0.717) is 6.54 Å². The Morgan fingerprint density at radius 2 is 1.83 bits per heavy atom. The van der Waals surface area contributed by atoms with Crippen LogP contribution in [-0.4, -0.2) is 34.3 Å². The van der Waals surface area contributed by atoms with Crippen molar-refractivity contribution in [1.82, 2.24) is 14.7 Å². The molecule has 0 amide bonds. The molecule has 0 saturated heterocycles. The molecule has 0 aliphatic carbocycles. The molecule has 1 heterocycles. The molecule has 0 spiro atoms. The van der Waals surface area contributed by atoms with E-state index in [4.69, 9.17) is 5.73 Å². The Kier molecular flexibility index (Phi) is 8.31. The topological polar surface area (TPSA) is 47.1 Å². The van der Waals surface area contributed by atoms with Gasteiger partial charge in [-0.15, -0.1) is 12.4 Å². The minimum absolute atomic E-state index is 0. The third-order valence-corrected chi connectivity index (χ3v) is 4.22. The van der Waals surface area contributed by atoms with Crippen LogP contribution in [0.3, 0.4) is 0 Å². The maximum Gasteiger partial charge on any atom is 0.0641 e. The zero-order chi connectivity index (χ0) is 15.9. The smallest absolute Gasteiger partial charge is 0.0641 e. The predicted octanol–water partition coefficient (Wildman–Crippen LogP) is 2.95. The summed E-state index contributed by atoms with van der Waals surface area (Å²) >= 11 is 0. The van der Waals surface area contributed by atoms with E-state index in [1.165, 1.54) is 16.8 Å². The summed E-state index contributed by atoms with van der Waals surface area (Å²) in [6, 6.07) is 10.6. The Bertz CT molecular complexity index is 580. The number of nitrogens with zero attached hydrogens (tertiary/aromatic N) is 3. The Morgan fingerprint density at radius 3 is 2.39 bits per heavy atom. The second-order valence-electron chi connectivity index (χ2n) is 5.77. The van der Waals surface area contributed by atoms with E-state index in [1.807, 2.05) is 0 Å². The molecule has 2 N–H and O–H groups in total. The SMILES string of the molecule is CCn1nc(C)c(CN(CCN)CCc2ccccc2)c1C.Cl. The first-order valence-corrected chi connectivity index (χ1v) is 8.15. The van der Waals surface area contributed by atoms with Gasteiger partial charge in [-0.25, -0.2) is 0 Å². The van der Waals surface area contributed by atoms with Crippen molar-refractivity contribution in [2.45, 2.75) is 40.3 Å². The van der Waals surface area contributed by atoms with Crippen LogP contribution in [0.2, 0.25) is 0 Å². The highest BCUT2D eigenvalue weighted by molar-refractivity contribution is 5.85. The zero-order valence-corrected chi connectivity index (χ0v) is 15.3. The van der Waals surface area contributed by atoms with Gasteiger partial charge in [0.25, 0.3) is 0 Å². The summed E-state index contributed by atoms with van der Waals surface area (Å²) in [4.78, 5) is 2.43. The maximum absolute atomic E-state index is 5.80. The molecule has 1 aromatic carbocycles. The summed E-state index contributed by atoms with van der Waals surface area (Å²) in [6.07, 6.45) is 1.06. The van der Waals surface area contributed by atoms with Gasteiger partial charge in [-0.2, -0.15) is 5.10 Å². The van der Waals surface area contributed by atoms with Crippen LogP contribution in [0.5, 0.6) is 0 Å². The number of aryl methyl sites for hydroxylation is 2. The minimum atomic E-state index is 0. The Balaban J connectivity index is 0.00000264. The Hall–Kier alpha value is -1.36. The fraction of sp³-hybridized carbons (Fsp3) is 0.500. The van der Waals surface area contributed by atoms with Crippen molar-refractivity contribution in [2.75, 3.05) is 19.6 Å². The van der Waals surface area contributed by atoms with Crippen molar-refractivity contribution in [3.05, 3.63) is 52.8 Å². The predicted molar refractivity (Wildman–Crippen MR) is 99.1 cm³/mol. The molecule has 0 unspecified atom stereocenters. The minimum Gasteiger partial charge on any atom is -0.329 e. The van der Waals surface area contributed by atoms with E-state index in [1.54, 1.807) is 0 Å². The van der Waals surface area contributed by atoms with Gasteiger partial charge in [0.1, 0.15) is 0 Å². The molecule has 2 aromatic rings. The second kappa shape index (κ2) is 9.71. The van der Waals surface area contributed by atoms with Crippen molar-refractivity contribution in [3.63, 3.8) is 0 Å². The normalized spacial score (nSPS) is 10.8. The fourth-order valence-electron chi connectivity index (χ4n) is 2.88. The average Bonchev–Trinajstić information content (AvgIpc) is 2.81. The summed E-state index contributed by atoms with van der Waals surface area (Å²) < 4.78 is 2.09. The van der Waals surface area contributed by atoms with Crippen LogP contribution in [-0.2, 0) is 19.5 Å². The molecule has 0 bridgehead atoms. The van der Waals surface area contributed by atoms with Gasteiger partial charge in [0.2, 0.25) is 0 Å². The van der Waals surface area contributed by atoms with Gasteiger partial charge >= 0.3 is 0 Å². The maximum atomic E-state index is 5.80. The monoisotopic (exact) mass is 336 g/mol. The van der Waals surface area contributed by atoms with E-state index in [-0.39, 0.29) is 12.4 Å². The van der Waals surface area contributed by atoms with Crippen molar-refractivity contribution >= 4 is 12.4 Å². The molecule has 0 aliphatic heterocycles. The second-order valence-corrected chi connectivity index (χ2v) is 5.77. The van der Waals surface area contributed by atoms with Crippen LogP contribution in [0, 0.1) is 13.8 Å². The molecule has 0 atom stereocenters. The van der Waals surface area contributed by atoms with Crippen molar-refractivity contribution < 1.29 is 0 Å². The summed E-state index contributed by atoms with van der Waals surface area (Å²) in [7, 11) is 0. The van der Waals surface area contributed by atoms with Gasteiger partial charge < -0.3 is 5.73 Å². The third kappa shape index (κ3) is 5.34. The molecule has 5 heteroatoms. The molecule has 2 rings (SSSR count). The van der Waals surface area contributed by atoms with E-state index in [0.717, 1.165) is 38.3 Å². The Morgan fingerprint density at radius 1 is 1.13 bits per heavy atom. The lowest BCUT2D eigenvalue weighted by Crippen LogP contribution is -2.31. The molecule has 4 nitrogen and oxygen atoms in total. The molecular weight excluding hydrogens is 308 g/mol. The lowest BCUT2D eigenvalue weighted by molar-refractivity contribution is 0.275. The number of halogens is 1. The van der Waals surface area contributed by atoms with Crippen LogP contribution in [0.1, 0.15) is 29.4 Å². The first-order chi connectivity index (χ1) is 10.7. The van der Waals surface area contributed by atoms with Crippen LogP contribution in [0.25, 0.3) is 0 Å². The van der Waals surface area contributed by atoms with Crippen LogP contribution < -0.4 is 5.73 Å². The molecule has 128 valence electrons. The molecular formula is C18H29ClN4. The van der Waals surface area contributed by atoms with Gasteiger partial charge in [0, 0.05) is 44.0 Å². The van der Waals surface area contributed by atoms with Gasteiger partial charge in [-0.1, -0.05) is 30.3 Å². The number of aromatic nitrogens is 2. The number of rotatable bonds is 8. The quantitative estimate of drug-likeness (QED) is 0.806. The molecule has 23 heavy (non-hydrogen) atoms. The standard InChI is InChI=1S/C18H28N4.ClH/c1-4-22-16(3)18(15(2)20-22)14-21(13-11-19)12-10-17-8-6-5-7-9-17;/h5-9H,4,10-14,19H2,1-3H3;1H. The summed E-state index contributed by atoms with van der Waals surface area (Å²) in [5.74, 6) is 0. The summed E-state index contributed by atoms with van der Waals surface area (Å²) in [6.45, 7) is 10.9. The molecule has 1 aromatic heterocycles. The fourth-order valence-corrected chi connectivity index (χ4v) is 2.88. The molecule has 0 fully saturated rings. The van der Waals surface area contributed by atoms with Crippen molar-refractivity contribution in [1.29, 1.82) is 0 Å². The highest BCUT2D eigenvalue weighted by atomic mass is 35.5. The lowest BCUT2D eigenvalue weighted by Gasteiger charge is -2.22. The van der Waals surface area contributed by atoms with E-state index in [9.17, 15) is 0 Å². The Labute approximate surface area is 146 Å². The highest BCUT2D eigenvalue weighted by Crippen LogP contribution is 2.16. The first kappa shape index (κ1) is 19.7. The van der Waals surface area contributed by atoms with Crippen LogP contribution in [0.4, 0.5) is 0 Å². The lowest BCUT2D eigenvalue weighted by atomic mass is 10.1. The van der Waals surface area contributed by atoms with Crippen LogP contribution >= 0.6 is 12.4 Å². The highest BCUT2D eigenvalue weighted by Gasteiger charge is 2.14. The largest absolute Gasteiger partial charge is 0.329 e. The number of hydrogen-bond donors (Lipinski definition) is 1. The van der Waals surface area contributed by atoms with Crippen LogP contribution in [0.15, 0.2) is 30.3 Å². The molecule has 0 aliphatic rings. The number of nitrogens with two attached hydrogens (primary N) is 1. The van der Waals surface area contributed by atoms with Gasteiger partial charge in [0.05, 0.1) is 5.69 Å². The van der Waals surface area contributed by atoms with E-state index >= 15 is 0 Å².